The minimum Gasteiger partial charge on any atom is -0.379 e. The summed E-state index contributed by atoms with van der Waals surface area (Å²) >= 11 is 6.23. The molecule has 1 aliphatic heterocycles. The van der Waals surface area contributed by atoms with Gasteiger partial charge in [-0.3, -0.25) is 9.69 Å². The maximum absolute atomic E-state index is 12.6. The predicted molar refractivity (Wildman–Crippen MR) is 111 cm³/mol. The maximum atomic E-state index is 12.6. The van der Waals surface area contributed by atoms with E-state index in [-0.39, 0.29) is 5.91 Å². The van der Waals surface area contributed by atoms with E-state index in [0.717, 1.165) is 43.4 Å². The summed E-state index contributed by atoms with van der Waals surface area (Å²) in [6.07, 6.45) is 0. The van der Waals surface area contributed by atoms with Crippen LogP contribution in [-0.4, -0.2) is 59.5 Å². The average Bonchev–Trinajstić information content (AvgIpc) is 2.96. The number of rotatable bonds is 6. The Hall–Kier alpha value is -1.89. The number of nitrogens with zero attached hydrogens (tertiary/aromatic N) is 3. The molecular formula is C21H29ClN4O2. The van der Waals surface area contributed by atoms with E-state index in [4.69, 9.17) is 16.3 Å². The molecule has 1 amide bonds. The zero-order valence-electron chi connectivity index (χ0n) is 17.0. The number of nitrogens with one attached hydrogen (secondary N) is 1. The highest BCUT2D eigenvalue weighted by Crippen LogP contribution is 2.22. The van der Waals surface area contributed by atoms with E-state index in [1.807, 2.05) is 38.1 Å². The van der Waals surface area contributed by atoms with Crippen molar-refractivity contribution in [3.05, 3.63) is 46.2 Å². The number of halogens is 1. The van der Waals surface area contributed by atoms with Gasteiger partial charge in [0.05, 0.1) is 35.3 Å². The number of carbonyl (C=O) groups is 1. The second-order valence-corrected chi connectivity index (χ2v) is 7.99. The molecular weight excluding hydrogens is 376 g/mol. The van der Waals surface area contributed by atoms with Gasteiger partial charge in [-0.1, -0.05) is 25.4 Å². The topological polar surface area (TPSA) is 59.4 Å². The van der Waals surface area contributed by atoms with E-state index in [1.54, 1.807) is 4.68 Å². The first kappa shape index (κ1) is 20.8. The van der Waals surface area contributed by atoms with Crippen molar-refractivity contribution in [1.82, 2.24) is 20.0 Å². The van der Waals surface area contributed by atoms with Gasteiger partial charge in [-0.05, 0) is 44.0 Å². The normalized spacial score (nSPS) is 16.4. The van der Waals surface area contributed by atoms with E-state index in [2.05, 4.69) is 29.2 Å². The largest absolute Gasteiger partial charge is 0.379 e. The predicted octanol–water partition coefficient (Wildman–Crippen LogP) is 3.23. The first-order valence-electron chi connectivity index (χ1n) is 9.80. The van der Waals surface area contributed by atoms with Crippen LogP contribution in [0.1, 0.15) is 35.6 Å². The van der Waals surface area contributed by atoms with Crippen molar-refractivity contribution < 1.29 is 9.53 Å². The number of morpholine rings is 1. The Morgan fingerprint density at radius 2 is 1.86 bits per heavy atom. The van der Waals surface area contributed by atoms with Crippen LogP contribution < -0.4 is 5.32 Å². The van der Waals surface area contributed by atoms with Crippen molar-refractivity contribution in [3.8, 4) is 5.69 Å². The highest BCUT2D eigenvalue weighted by atomic mass is 35.5. The Morgan fingerprint density at radius 1 is 1.21 bits per heavy atom. The summed E-state index contributed by atoms with van der Waals surface area (Å²) in [7, 11) is 0. The van der Waals surface area contributed by atoms with E-state index in [0.29, 0.717) is 29.1 Å². The SMILES string of the molecule is Cc1nn(-c2ccc(C(=O)NCC(C(C)C)N3CCOCC3)cc2)c(C)c1Cl. The molecule has 1 N–H and O–H groups in total. The molecule has 0 saturated carbocycles. The molecule has 3 rings (SSSR count). The molecule has 0 aliphatic carbocycles. The van der Waals surface area contributed by atoms with Crippen LogP contribution >= 0.6 is 11.6 Å². The van der Waals surface area contributed by atoms with Crippen molar-refractivity contribution in [2.45, 2.75) is 33.7 Å². The molecule has 2 aromatic rings. The third-order valence-electron chi connectivity index (χ3n) is 5.33. The number of ether oxygens (including phenoxy) is 1. The fourth-order valence-corrected chi connectivity index (χ4v) is 3.74. The van der Waals surface area contributed by atoms with Crippen molar-refractivity contribution >= 4 is 17.5 Å². The second-order valence-electron chi connectivity index (χ2n) is 7.61. The first-order chi connectivity index (χ1) is 13.4. The van der Waals surface area contributed by atoms with Crippen LogP contribution in [0.3, 0.4) is 0 Å². The van der Waals surface area contributed by atoms with Gasteiger partial charge in [0.25, 0.3) is 5.91 Å². The molecule has 152 valence electrons. The maximum Gasteiger partial charge on any atom is 0.251 e. The third kappa shape index (κ3) is 4.57. The number of hydrogen-bond acceptors (Lipinski definition) is 4. The summed E-state index contributed by atoms with van der Waals surface area (Å²) in [4.78, 5) is 15.0. The number of hydrogen-bond donors (Lipinski definition) is 1. The molecule has 1 fully saturated rings. The zero-order valence-corrected chi connectivity index (χ0v) is 17.8. The summed E-state index contributed by atoms with van der Waals surface area (Å²) < 4.78 is 7.24. The minimum absolute atomic E-state index is 0.0585. The lowest BCUT2D eigenvalue weighted by molar-refractivity contribution is 0.00673. The van der Waals surface area contributed by atoms with Gasteiger partial charge in [0.2, 0.25) is 0 Å². The Balaban J connectivity index is 1.64. The molecule has 1 aliphatic rings. The van der Waals surface area contributed by atoms with Crippen LogP contribution in [0.2, 0.25) is 5.02 Å². The van der Waals surface area contributed by atoms with Gasteiger partial charge in [-0.2, -0.15) is 5.10 Å². The van der Waals surface area contributed by atoms with Crippen LogP contribution in [0, 0.1) is 19.8 Å². The summed E-state index contributed by atoms with van der Waals surface area (Å²) in [6, 6.07) is 7.76. The van der Waals surface area contributed by atoms with Crippen molar-refractivity contribution in [1.29, 1.82) is 0 Å². The van der Waals surface area contributed by atoms with Crippen LogP contribution in [0.4, 0.5) is 0 Å². The molecule has 28 heavy (non-hydrogen) atoms. The summed E-state index contributed by atoms with van der Waals surface area (Å²) in [5.41, 5.74) is 3.21. The van der Waals surface area contributed by atoms with E-state index >= 15 is 0 Å². The summed E-state index contributed by atoms with van der Waals surface area (Å²) in [5, 5.41) is 8.22. The standard InChI is InChI=1S/C21H29ClN4O2/c1-14(2)19(25-9-11-28-12-10-25)13-23-21(27)17-5-7-18(8-6-17)26-16(4)20(22)15(3)24-26/h5-8,14,19H,9-13H2,1-4H3,(H,23,27). The van der Waals surface area contributed by atoms with E-state index < -0.39 is 0 Å². The molecule has 0 bridgehead atoms. The molecule has 7 heteroatoms. The Kier molecular flexibility index (Phi) is 6.75. The van der Waals surface area contributed by atoms with Gasteiger partial charge in [0, 0.05) is 31.2 Å². The minimum atomic E-state index is -0.0585. The molecule has 1 aromatic heterocycles. The molecule has 6 nitrogen and oxygen atoms in total. The fraction of sp³-hybridized carbons (Fsp3) is 0.524. The van der Waals surface area contributed by atoms with Gasteiger partial charge < -0.3 is 10.1 Å². The summed E-state index contributed by atoms with van der Waals surface area (Å²) in [6.45, 7) is 12.2. The average molecular weight is 405 g/mol. The lowest BCUT2D eigenvalue weighted by Gasteiger charge is -2.36. The number of carbonyl (C=O) groups excluding carboxylic acids is 1. The number of aromatic nitrogens is 2. The lowest BCUT2D eigenvalue weighted by atomic mass is 10.0. The number of aryl methyl sites for hydroxylation is 1. The highest BCUT2D eigenvalue weighted by Gasteiger charge is 2.24. The fourth-order valence-electron chi connectivity index (χ4n) is 3.62. The molecule has 0 radical (unpaired) electrons. The Morgan fingerprint density at radius 3 is 2.39 bits per heavy atom. The Bertz CT molecular complexity index is 811. The molecule has 2 heterocycles. The van der Waals surface area contributed by atoms with Gasteiger partial charge >= 0.3 is 0 Å². The van der Waals surface area contributed by atoms with Crippen LogP contribution in [0.25, 0.3) is 5.69 Å². The van der Waals surface area contributed by atoms with Gasteiger partial charge in [-0.15, -0.1) is 0 Å². The monoisotopic (exact) mass is 404 g/mol. The Labute approximate surface area is 171 Å². The van der Waals surface area contributed by atoms with Crippen LogP contribution in [-0.2, 0) is 4.74 Å². The molecule has 1 atom stereocenters. The number of amides is 1. The molecule has 1 aromatic carbocycles. The highest BCUT2D eigenvalue weighted by molar-refractivity contribution is 6.31. The second kappa shape index (κ2) is 9.07. The van der Waals surface area contributed by atoms with Crippen LogP contribution in [0.15, 0.2) is 24.3 Å². The van der Waals surface area contributed by atoms with E-state index in [9.17, 15) is 4.79 Å². The zero-order chi connectivity index (χ0) is 20.3. The van der Waals surface area contributed by atoms with Crippen molar-refractivity contribution in [2.75, 3.05) is 32.8 Å². The van der Waals surface area contributed by atoms with Crippen LogP contribution in [0.5, 0.6) is 0 Å². The quantitative estimate of drug-likeness (QED) is 0.803. The molecule has 0 spiro atoms. The molecule has 1 unspecified atom stereocenters. The summed E-state index contributed by atoms with van der Waals surface area (Å²) in [5.74, 6) is 0.397. The van der Waals surface area contributed by atoms with Crippen molar-refractivity contribution in [3.63, 3.8) is 0 Å². The van der Waals surface area contributed by atoms with Crippen molar-refractivity contribution in [2.24, 2.45) is 5.92 Å². The number of benzene rings is 1. The third-order valence-corrected chi connectivity index (χ3v) is 5.88. The first-order valence-corrected chi connectivity index (χ1v) is 10.2. The van der Waals surface area contributed by atoms with Gasteiger partial charge in [-0.25, -0.2) is 4.68 Å². The molecule has 1 saturated heterocycles. The van der Waals surface area contributed by atoms with Gasteiger partial charge in [0.15, 0.2) is 0 Å². The van der Waals surface area contributed by atoms with E-state index in [1.165, 1.54) is 0 Å². The lowest BCUT2D eigenvalue weighted by Crippen LogP contribution is -2.51. The smallest absolute Gasteiger partial charge is 0.251 e. The van der Waals surface area contributed by atoms with Gasteiger partial charge in [0.1, 0.15) is 0 Å².